The van der Waals surface area contributed by atoms with Crippen molar-refractivity contribution in [2.24, 2.45) is 17.6 Å². The molecule has 2 fully saturated rings. The number of nitrogens with one attached hydrogen (secondary N) is 1. The molecular formula is C27H40N6O6. The second kappa shape index (κ2) is 13.2. The molecule has 1 unspecified atom stereocenters. The fourth-order valence-corrected chi connectivity index (χ4v) is 5.62. The molecule has 39 heavy (non-hydrogen) atoms. The van der Waals surface area contributed by atoms with E-state index in [4.69, 9.17) is 19.5 Å². The van der Waals surface area contributed by atoms with Gasteiger partial charge in [0.05, 0.1) is 6.61 Å². The van der Waals surface area contributed by atoms with Crippen LogP contribution in [0.4, 0.5) is 0 Å². The number of aryl methyl sites for hydroxylation is 2. The second-order valence-electron chi connectivity index (χ2n) is 10.7. The smallest absolute Gasteiger partial charge is 0.276 e. The van der Waals surface area contributed by atoms with Gasteiger partial charge in [-0.1, -0.05) is 10.3 Å². The van der Waals surface area contributed by atoms with E-state index in [1.807, 2.05) is 0 Å². The van der Waals surface area contributed by atoms with Gasteiger partial charge in [-0.2, -0.15) is 0 Å². The number of carbonyl (C=O) groups excluding carboxylic acids is 3. The van der Waals surface area contributed by atoms with Gasteiger partial charge in [0, 0.05) is 44.9 Å². The Hall–Kier alpha value is -3.25. The quantitative estimate of drug-likeness (QED) is 0.456. The Morgan fingerprint density at radius 3 is 2.28 bits per heavy atom. The van der Waals surface area contributed by atoms with Crippen LogP contribution in [0.3, 0.4) is 0 Å². The summed E-state index contributed by atoms with van der Waals surface area (Å²) < 4.78 is 15.5. The molecule has 1 saturated carbocycles. The minimum absolute atomic E-state index is 0.161. The summed E-state index contributed by atoms with van der Waals surface area (Å²) in [5, 5.41) is 10.9. The highest BCUT2D eigenvalue weighted by Crippen LogP contribution is 2.29. The van der Waals surface area contributed by atoms with Crippen molar-refractivity contribution in [1.29, 1.82) is 0 Å². The zero-order chi connectivity index (χ0) is 27.9. The largest absolute Gasteiger partial charge is 0.383 e. The van der Waals surface area contributed by atoms with Crippen molar-refractivity contribution < 1.29 is 28.2 Å². The normalized spacial score (nSPS) is 23.4. The van der Waals surface area contributed by atoms with E-state index in [1.54, 1.807) is 42.9 Å². The fourth-order valence-electron chi connectivity index (χ4n) is 5.62. The van der Waals surface area contributed by atoms with Crippen molar-refractivity contribution in [2.45, 2.75) is 64.5 Å². The van der Waals surface area contributed by atoms with Crippen LogP contribution < -0.4 is 11.1 Å². The van der Waals surface area contributed by atoms with Crippen LogP contribution in [0.5, 0.6) is 0 Å². The molecule has 214 valence electrons. The molecule has 0 bridgehead atoms. The number of likely N-dealkylation sites (tertiary alicyclic amines) is 1. The molecule has 2 aliphatic rings. The topological polar surface area (TPSA) is 157 Å². The van der Waals surface area contributed by atoms with E-state index in [9.17, 15) is 14.4 Å². The number of nitrogens with zero attached hydrogens (tertiary/aromatic N) is 4. The van der Waals surface area contributed by atoms with Crippen molar-refractivity contribution in [1.82, 2.24) is 25.4 Å². The zero-order valence-electron chi connectivity index (χ0n) is 23.1. The number of methoxy groups -OCH3 is 1. The molecule has 1 saturated heterocycles. The minimum Gasteiger partial charge on any atom is -0.383 e. The van der Waals surface area contributed by atoms with Crippen LogP contribution in [0.2, 0.25) is 0 Å². The van der Waals surface area contributed by atoms with E-state index >= 15 is 0 Å². The number of aromatic nitrogens is 2. The van der Waals surface area contributed by atoms with Gasteiger partial charge in [0.15, 0.2) is 11.4 Å². The molecule has 0 spiro atoms. The third kappa shape index (κ3) is 7.04. The molecule has 0 radical (unpaired) electrons. The van der Waals surface area contributed by atoms with Crippen LogP contribution in [-0.2, 0) is 9.53 Å². The molecular weight excluding hydrogens is 504 g/mol. The second-order valence-corrected chi connectivity index (χ2v) is 10.7. The summed E-state index contributed by atoms with van der Waals surface area (Å²) in [5.74, 6) is 1.10. The third-order valence-corrected chi connectivity index (χ3v) is 7.94. The van der Waals surface area contributed by atoms with Crippen molar-refractivity contribution in [3.63, 3.8) is 0 Å². The Morgan fingerprint density at radius 1 is 1.05 bits per heavy atom. The average Bonchev–Trinajstić information content (AvgIpc) is 3.59. The molecule has 3 N–H and O–H groups in total. The first-order valence-corrected chi connectivity index (χ1v) is 13.8. The lowest BCUT2D eigenvalue weighted by molar-refractivity contribution is -0.127. The van der Waals surface area contributed by atoms with E-state index in [2.05, 4.69) is 15.6 Å². The van der Waals surface area contributed by atoms with Crippen LogP contribution in [0.1, 0.15) is 71.0 Å². The fraction of sp³-hybridized carbons (Fsp3) is 0.667. The Morgan fingerprint density at radius 2 is 1.69 bits per heavy atom. The summed E-state index contributed by atoms with van der Waals surface area (Å²) in [6, 6.07) is 2.09. The molecule has 3 amide bonds. The maximum absolute atomic E-state index is 13.6. The van der Waals surface area contributed by atoms with E-state index in [-0.39, 0.29) is 48.1 Å². The summed E-state index contributed by atoms with van der Waals surface area (Å²) >= 11 is 0. The molecule has 2 aromatic rings. The number of hydrogen-bond donors (Lipinski definition) is 2. The SMILES string of the molecule is COCCN(C(=O)c1cc(C)on1)C1CCN(C(=O)c2cc(C)on2)[C@@H](C(=O)NCC2CCC(CN)CC2)C1. The number of nitrogens with two attached hydrogens (primary N) is 1. The minimum atomic E-state index is -0.773. The van der Waals surface area contributed by atoms with Crippen molar-refractivity contribution in [2.75, 3.05) is 39.9 Å². The van der Waals surface area contributed by atoms with Gasteiger partial charge < -0.3 is 34.6 Å². The number of amides is 3. The maximum atomic E-state index is 13.6. The molecule has 12 heteroatoms. The molecule has 1 aliphatic heterocycles. The Bertz CT molecular complexity index is 1120. The molecule has 0 aromatic carbocycles. The maximum Gasteiger partial charge on any atom is 0.276 e. The van der Waals surface area contributed by atoms with Crippen LogP contribution >= 0.6 is 0 Å². The Kier molecular flexibility index (Phi) is 9.73. The van der Waals surface area contributed by atoms with E-state index in [0.29, 0.717) is 56.0 Å². The third-order valence-electron chi connectivity index (χ3n) is 7.94. The van der Waals surface area contributed by atoms with E-state index in [0.717, 1.165) is 25.7 Å². The predicted molar refractivity (Wildman–Crippen MR) is 141 cm³/mol. The van der Waals surface area contributed by atoms with Gasteiger partial charge in [0.1, 0.15) is 17.6 Å². The van der Waals surface area contributed by atoms with Crippen LogP contribution in [-0.4, -0.2) is 89.8 Å². The first-order chi connectivity index (χ1) is 18.8. The summed E-state index contributed by atoms with van der Waals surface area (Å²) in [6.45, 7) is 5.61. The predicted octanol–water partition coefficient (Wildman–Crippen LogP) is 1.92. The van der Waals surface area contributed by atoms with Crippen molar-refractivity contribution in [3.05, 3.63) is 35.0 Å². The number of ether oxygens (including phenoxy) is 1. The molecule has 4 rings (SSSR count). The first kappa shape index (κ1) is 28.8. The van der Waals surface area contributed by atoms with Crippen LogP contribution in [0.25, 0.3) is 0 Å². The number of carbonyl (C=O) groups is 3. The van der Waals surface area contributed by atoms with Gasteiger partial charge in [0.2, 0.25) is 5.91 Å². The van der Waals surface area contributed by atoms with Gasteiger partial charge >= 0.3 is 0 Å². The monoisotopic (exact) mass is 544 g/mol. The highest BCUT2D eigenvalue weighted by atomic mass is 16.5. The lowest BCUT2D eigenvalue weighted by atomic mass is 9.82. The van der Waals surface area contributed by atoms with E-state index < -0.39 is 6.04 Å². The summed E-state index contributed by atoms with van der Waals surface area (Å²) in [4.78, 5) is 43.6. The van der Waals surface area contributed by atoms with E-state index in [1.165, 1.54) is 0 Å². The summed E-state index contributed by atoms with van der Waals surface area (Å²) in [6.07, 6.45) is 4.94. The lowest BCUT2D eigenvalue weighted by Crippen LogP contribution is -2.58. The number of hydrogen-bond acceptors (Lipinski definition) is 9. The zero-order valence-corrected chi connectivity index (χ0v) is 23.1. The molecule has 2 atom stereocenters. The van der Waals surface area contributed by atoms with Gasteiger partial charge in [-0.15, -0.1) is 0 Å². The highest BCUT2D eigenvalue weighted by molar-refractivity contribution is 5.96. The number of piperidine rings is 1. The Balaban J connectivity index is 1.51. The molecule has 2 aromatic heterocycles. The highest BCUT2D eigenvalue weighted by Gasteiger charge is 2.41. The molecule has 12 nitrogen and oxygen atoms in total. The standard InChI is InChI=1S/C27H40N6O6/c1-17-12-22(30-38-17)26(35)32(10-11-37-3)21-8-9-33(27(36)23-13-18(2)39-31-23)24(14-21)25(34)29-16-20-6-4-19(15-28)5-7-20/h12-13,19-21,24H,4-11,14-16,28H2,1-3H3,(H,29,34)/t19?,20?,21?,24-/m1/s1. The molecule has 3 heterocycles. The van der Waals surface area contributed by atoms with Crippen LogP contribution in [0.15, 0.2) is 21.2 Å². The van der Waals surface area contributed by atoms with Gasteiger partial charge in [-0.05, 0) is 70.8 Å². The van der Waals surface area contributed by atoms with Crippen LogP contribution in [0, 0.1) is 25.7 Å². The summed E-state index contributed by atoms with van der Waals surface area (Å²) in [7, 11) is 1.57. The molecule has 1 aliphatic carbocycles. The number of rotatable bonds is 10. The van der Waals surface area contributed by atoms with Crippen molar-refractivity contribution >= 4 is 17.7 Å². The van der Waals surface area contributed by atoms with Gasteiger partial charge in [0.25, 0.3) is 11.8 Å². The lowest BCUT2D eigenvalue weighted by Gasteiger charge is -2.42. The van der Waals surface area contributed by atoms with Crippen molar-refractivity contribution in [3.8, 4) is 0 Å². The first-order valence-electron chi connectivity index (χ1n) is 13.8. The summed E-state index contributed by atoms with van der Waals surface area (Å²) in [5.41, 5.74) is 6.19. The Labute approximate surface area is 228 Å². The average molecular weight is 545 g/mol. The van der Waals surface area contributed by atoms with Gasteiger partial charge in [-0.3, -0.25) is 14.4 Å². The van der Waals surface area contributed by atoms with Gasteiger partial charge in [-0.25, -0.2) is 0 Å².